The van der Waals surface area contributed by atoms with E-state index in [1.54, 1.807) is 11.3 Å². The number of fused-ring (bicyclic) bond motifs is 9. The number of benzene rings is 7. The molecule has 0 atom stereocenters. The van der Waals surface area contributed by atoms with Gasteiger partial charge in [-0.1, -0.05) is 121 Å². The molecule has 4 aromatic heterocycles. The van der Waals surface area contributed by atoms with Crippen molar-refractivity contribution in [3.05, 3.63) is 158 Å². The van der Waals surface area contributed by atoms with Crippen molar-refractivity contribution in [2.75, 3.05) is 0 Å². The minimum Gasteiger partial charge on any atom is -0.455 e. The van der Waals surface area contributed by atoms with Gasteiger partial charge in [0.1, 0.15) is 11.2 Å². The van der Waals surface area contributed by atoms with E-state index in [-0.39, 0.29) is 0 Å². The Bertz CT molecular complexity index is 3200. The van der Waals surface area contributed by atoms with Crippen LogP contribution < -0.4 is 0 Å². The lowest BCUT2D eigenvalue weighted by molar-refractivity contribution is 0.669. The lowest BCUT2D eigenvalue weighted by Crippen LogP contribution is -2.00. The number of furan rings is 1. The van der Waals surface area contributed by atoms with E-state index in [4.69, 9.17) is 24.4 Å². The third-order valence-electron chi connectivity index (χ3n) is 9.92. The van der Waals surface area contributed by atoms with Crippen molar-refractivity contribution in [2.45, 2.75) is 0 Å². The van der Waals surface area contributed by atoms with E-state index >= 15 is 0 Å². The highest BCUT2D eigenvalue weighted by atomic mass is 32.1. The number of para-hydroxylation sites is 3. The number of hydrogen-bond donors (Lipinski definition) is 0. The molecule has 0 amide bonds. The molecule has 0 saturated heterocycles. The fourth-order valence-corrected chi connectivity index (χ4v) is 8.71. The Hall–Kier alpha value is -6.76. The second-order valence-electron chi connectivity index (χ2n) is 13.0. The molecule has 0 aliphatic carbocycles. The van der Waals surface area contributed by atoms with Crippen LogP contribution in [-0.4, -0.2) is 19.9 Å². The van der Waals surface area contributed by atoms with Crippen LogP contribution in [0.15, 0.2) is 162 Å². The Labute approximate surface area is 301 Å². The third kappa shape index (κ3) is 4.48. The van der Waals surface area contributed by atoms with Gasteiger partial charge in [0, 0.05) is 48.3 Å². The third-order valence-corrected chi connectivity index (χ3v) is 11.1. The van der Waals surface area contributed by atoms with Crippen LogP contribution >= 0.6 is 11.3 Å². The van der Waals surface area contributed by atoms with Gasteiger partial charge in [0.15, 0.2) is 17.5 Å². The Morgan fingerprint density at radius 2 is 1.12 bits per heavy atom. The fraction of sp³-hybridized carbons (Fsp3) is 0. The first-order valence-electron chi connectivity index (χ1n) is 17.2. The highest BCUT2D eigenvalue weighted by Gasteiger charge is 2.21. The molecule has 11 aromatic rings. The highest BCUT2D eigenvalue weighted by molar-refractivity contribution is 7.26. The smallest absolute Gasteiger partial charge is 0.167 e. The van der Waals surface area contributed by atoms with Crippen molar-refractivity contribution in [2.24, 2.45) is 0 Å². The maximum atomic E-state index is 6.43. The van der Waals surface area contributed by atoms with Crippen LogP contribution in [0.1, 0.15) is 0 Å². The first-order valence-corrected chi connectivity index (χ1v) is 18.0. The maximum absolute atomic E-state index is 6.43. The molecule has 4 heterocycles. The normalized spacial score (nSPS) is 11.8. The number of pyridine rings is 1. The van der Waals surface area contributed by atoms with Gasteiger partial charge in [-0.3, -0.25) is 0 Å². The van der Waals surface area contributed by atoms with Crippen molar-refractivity contribution in [1.82, 2.24) is 19.9 Å². The van der Waals surface area contributed by atoms with Crippen LogP contribution in [0.4, 0.5) is 0 Å². The largest absolute Gasteiger partial charge is 0.455 e. The molecule has 0 fully saturated rings. The molecule has 242 valence electrons. The van der Waals surface area contributed by atoms with E-state index in [1.165, 1.54) is 25.6 Å². The van der Waals surface area contributed by atoms with E-state index in [0.717, 1.165) is 66.2 Å². The Balaban J connectivity index is 1.17. The molecule has 0 unspecified atom stereocenters. The summed E-state index contributed by atoms with van der Waals surface area (Å²) in [5, 5.41) is 7.96. The molecule has 11 rings (SSSR count). The lowest BCUT2D eigenvalue weighted by Gasteiger charge is -2.10. The van der Waals surface area contributed by atoms with Gasteiger partial charge < -0.3 is 4.42 Å². The molecule has 0 bridgehead atoms. The molecular weight excluding hydrogens is 657 g/mol. The fourth-order valence-electron chi connectivity index (χ4n) is 7.50. The molecular formula is C46H26N4OS. The number of rotatable bonds is 4. The monoisotopic (exact) mass is 682 g/mol. The van der Waals surface area contributed by atoms with Gasteiger partial charge in [-0.25, -0.2) is 19.9 Å². The maximum Gasteiger partial charge on any atom is 0.167 e. The van der Waals surface area contributed by atoms with Crippen LogP contribution in [0.25, 0.3) is 109 Å². The van der Waals surface area contributed by atoms with Gasteiger partial charge in [0.25, 0.3) is 0 Å². The minimum atomic E-state index is 0.566. The summed E-state index contributed by atoms with van der Waals surface area (Å²) in [7, 11) is 0. The quantitative estimate of drug-likeness (QED) is 0.185. The second-order valence-corrected chi connectivity index (χ2v) is 14.0. The summed E-state index contributed by atoms with van der Waals surface area (Å²) in [5.41, 5.74) is 7.36. The van der Waals surface area contributed by atoms with Crippen molar-refractivity contribution in [3.63, 3.8) is 0 Å². The lowest BCUT2D eigenvalue weighted by atomic mass is 9.98. The van der Waals surface area contributed by atoms with Gasteiger partial charge >= 0.3 is 0 Å². The van der Waals surface area contributed by atoms with Crippen LogP contribution in [0.5, 0.6) is 0 Å². The van der Waals surface area contributed by atoms with Gasteiger partial charge in [-0.05, 0) is 47.2 Å². The van der Waals surface area contributed by atoms with E-state index in [9.17, 15) is 0 Å². The predicted octanol–water partition coefficient (Wildman–Crippen LogP) is 12.5. The predicted molar refractivity (Wildman–Crippen MR) is 215 cm³/mol. The van der Waals surface area contributed by atoms with Crippen LogP contribution in [0, 0.1) is 0 Å². The molecule has 6 heteroatoms. The Kier molecular flexibility index (Phi) is 6.35. The minimum absolute atomic E-state index is 0.566. The van der Waals surface area contributed by atoms with E-state index in [1.807, 2.05) is 60.7 Å². The van der Waals surface area contributed by atoms with E-state index in [0.29, 0.717) is 17.5 Å². The summed E-state index contributed by atoms with van der Waals surface area (Å²) in [4.78, 5) is 20.6. The van der Waals surface area contributed by atoms with Crippen molar-refractivity contribution >= 4 is 75.1 Å². The van der Waals surface area contributed by atoms with Crippen LogP contribution in [-0.2, 0) is 0 Å². The molecule has 0 aliphatic heterocycles. The number of nitrogens with zero attached hydrogens (tertiary/aromatic N) is 4. The average molecular weight is 683 g/mol. The van der Waals surface area contributed by atoms with Gasteiger partial charge in [-0.2, -0.15) is 0 Å². The summed E-state index contributed by atoms with van der Waals surface area (Å²) in [6.07, 6.45) is 0. The molecule has 7 aromatic carbocycles. The first kappa shape index (κ1) is 29.0. The summed E-state index contributed by atoms with van der Waals surface area (Å²) in [6.45, 7) is 0. The number of thiophene rings is 1. The second kappa shape index (κ2) is 11.4. The molecule has 0 spiro atoms. The SMILES string of the molecule is c1ccc(-c2nc(-c3ccc4sc5c(-c6cccc7ccccc67)nc6ccccc6c5c4c3)nc(-c3cccc4c3oc3ccccc34)n2)cc1. The number of hydrogen-bond acceptors (Lipinski definition) is 6. The van der Waals surface area contributed by atoms with Gasteiger partial charge in [0.2, 0.25) is 0 Å². The van der Waals surface area contributed by atoms with Gasteiger partial charge in [0.05, 0.1) is 21.5 Å². The molecule has 0 aliphatic rings. The zero-order valence-corrected chi connectivity index (χ0v) is 28.4. The zero-order chi connectivity index (χ0) is 34.2. The molecule has 0 saturated carbocycles. The standard InChI is InChI=1S/C46H26N4OS/c1-2-13-28(14-3-1)44-48-45(50-46(49-44)35-21-11-20-33-31-17-7-9-23-38(31)51-42(33)35)29-24-25-39-36(26-29)40-34-18-6-8-22-37(34)47-41(43(40)52-39)32-19-10-15-27-12-4-5-16-30(27)32/h1-26H. The first-order chi connectivity index (χ1) is 25.8. The van der Waals surface area contributed by atoms with Crippen molar-refractivity contribution < 1.29 is 4.42 Å². The van der Waals surface area contributed by atoms with Crippen LogP contribution in [0.3, 0.4) is 0 Å². The van der Waals surface area contributed by atoms with Crippen molar-refractivity contribution in [1.29, 1.82) is 0 Å². The zero-order valence-electron chi connectivity index (χ0n) is 27.6. The highest BCUT2D eigenvalue weighted by Crippen LogP contribution is 2.45. The van der Waals surface area contributed by atoms with Crippen molar-refractivity contribution in [3.8, 4) is 45.4 Å². The molecule has 0 radical (unpaired) electrons. The Morgan fingerprint density at radius 1 is 0.442 bits per heavy atom. The van der Waals surface area contributed by atoms with E-state index in [2.05, 4.69) is 97.1 Å². The molecule has 52 heavy (non-hydrogen) atoms. The summed E-state index contributed by atoms with van der Waals surface area (Å²) < 4.78 is 8.79. The summed E-state index contributed by atoms with van der Waals surface area (Å²) in [5.74, 6) is 1.78. The topological polar surface area (TPSA) is 64.7 Å². The molecule has 5 nitrogen and oxygen atoms in total. The number of aromatic nitrogens is 4. The van der Waals surface area contributed by atoms with E-state index < -0.39 is 0 Å². The van der Waals surface area contributed by atoms with Crippen LogP contribution in [0.2, 0.25) is 0 Å². The summed E-state index contributed by atoms with van der Waals surface area (Å²) >= 11 is 1.79. The van der Waals surface area contributed by atoms with Gasteiger partial charge in [-0.15, -0.1) is 11.3 Å². The molecule has 0 N–H and O–H groups in total. The summed E-state index contributed by atoms with van der Waals surface area (Å²) in [6, 6.07) is 54.4. The average Bonchev–Trinajstić information content (AvgIpc) is 3.79. The Morgan fingerprint density at radius 3 is 2.02 bits per heavy atom.